The second kappa shape index (κ2) is 10.9. The van der Waals surface area contributed by atoms with Gasteiger partial charge in [0.15, 0.2) is 5.78 Å². The first-order valence-corrected chi connectivity index (χ1v) is 10.9. The molecule has 0 aromatic heterocycles. The third-order valence-corrected chi connectivity index (χ3v) is 5.63. The number of Topliss-reactive ketones (excluding diaryl/α,β-unsaturated/α-hetero) is 1. The summed E-state index contributed by atoms with van der Waals surface area (Å²) in [7, 11) is 3.11. The van der Waals surface area contributed by atoms with Crippen molar-refractivity contribution in [1.82, 2.24) is 10.2 Å². The smallest absolute Gasteiger partial charge is 0.410 e. The number of nitrogens with one attached hydrogen (secondary N) is 1. The topological polar surface area (TPSA) is 94.2 Å². The van der Waals surface area contributed by atoms with Crippen LogP contribution in [0.15, 0.2) is 30.3 Å². The molecule has 1 saturated heterocycles. The average Bonchev–Trinajstić information content (AvgIpc) is 3.17. The number of nitrogens with zero attached hydrogens (tertiary/aromatic N) is 1. The Hall–Kier alpha value is -2.45. The number of carbonyl (C=O) groups is 3. The first-order chi connectivity index (χ1) is 15.0. The molecule has 1 N–H and O–H groups in total. The summed E-state index contributed by atoms with van der Waals surface area (Å²) >= 11 is 0. The highest BCUT2D eigenvalue weighted by atomic mass is 16.6. The predicted octanol–water partition coefficient (Wildman–Crippen LogP) is 3.05. The summed E-state index contributed by atoms with van der Waals surface area (Å²) in [5.41, 5.74) is -0.114. The minimum Gasteiger partial charge on any atom is -0.444 e. The molecule has 1 heterocycles. The molecule has 5 atom stereocenters. The zero-order valence-corrected chi connectivity index (χ0v) is 20.1. The van der Waals surface area contributed by atoms with Gasteiger partial charge in [-0.3, -0.25) is 14.5 Å². The Morgan fingerprint density at radius 1 is 1.09 bits per heavy atom. The van der Waals surface area contributed by atoms with Crippen molar-refractivity contribution in [3.8, 4) is 0 Å². The Kier molecular flexibility index (Phi) is 8.81. The second-order valence-electron chi connectivity index (χ2n) is 9.24. The molecule has 8 heteroatoms. The Balaban J connectivity index is 2.12. The summed E-state index contributed by atoms with van der Waals surface area (Å²) in [6.45, 7) is 9.16. The summed E-state index contributed by atoms with van der Waals surface area (Å²) in [5.74, 6) is -1.11. The molecule has 0 spiro atoms. The van der Waals surface area contributed by atoms with Gasteiger partial charge in [0.1, 0.15) is 5.60 Å². The van der Waals surface area contributed by atoms with Gasteiger partial charge in [0, 0.05) is 19.8 Å². The minimum atomic E-state index is -0.692. The van der Waals surface area contributed by atoms with E-state index >= 15 is 0 Å². The molecule has 178 valence electrons. The van der Waals surface area contributed by atoms with E-state index in [-0.39, 0.29) is 17.8 Å². The Morgan fingerprint density at radius 3 is 2.25 bits per heavy atom. The number of ether oxygens (including phenoxy) is 3. The van der Waals surface area contributed by atoms with E-state index in [0.29, 0.717) is 18.5 Å². The van der Waals surface area contributed by atoms with Crippen LogP contribution in [0.2, 0.25) is 0 Å². The van der Waals surface area contributed by atoms with Gasteiger partial charge < -0.3 is 19.5 Å². The number of methoxy groups -OCH3 is 2. The molecule has 2 amide bonds. The molecule has 0 aliphatic carbocycles. The molecule has 0 saturated carbocycles. The van der Waals surface area contributed by atoms with Gasteiger partial charge in [-0.2, -0.15) is 0 Å². The largest absolute Gasteiger partial charge is 0.444 e. The summed E-state index contributed by atoms with van der Waals surface area (Å²) in [6.07, 6.45) is -0.727. The highest BCUT2D eigenvalue weighted by molar-refractivity contribution is 6.01. The summed E-state index contributed by atoms with van der Waals surface area (Å²) in [4.78, 5) is 40.0. The first-order valence-electron chi connectivity index (χ1n) is 10.9. The highest BCUT2D eigenvalue weighted by Gasteiger charge is 2.45. The predicted molar refractivity (Wildman–Crippen MR) is 120 cm³/mol. The van der Waals surface area contributed by atoms with Crippen LogP contribution in [-0.2, 0) is 19.0 Å². The maximum absolute atomic E-state index is 13.0. The standard InChI is InChI=1S/C24H36N2O6/c1-15(22(28)25-16(2)20(27)17-11-9-8-10-12-17)21(31-7)19-13-18(30-6)14-26(19)23(29)32-24(3,4)5/h8-12,15-16,18-19,21H,13-14H2,1-7H3,(H,25,28)/t15-,16?,18-,19+,21-/m1/s1. The van der Waals surface area contributed by atoms with Crippen LogP contribution in [-0.4, -0.2) is 73.3 Å². The monoisotopic (exact) mass is 448 g/mol. The number of rotatable bonds is 8. The van der Waals surface area contributed by atoms with Crippen LogP contribution in [0.25, 0.3) is 0 Å². The quantitative estimate of drug-likeness (QED) is 0.615. The van der Waals surface area contributed by atoms with E-state index < -0.39 is 35.8 Å². The number of likely N-dealkylation sites (tertiary alicyclic amines) is 1. The van der Waals surface area contributed by atoms with E-state index in [9.17, 15) is 14.4 Å². The maximum atomic E-state index is 13.0. The SMILES string of the molecule is CO[C@@H]1C[C@@H]([C@H](OC)[C@@H](C)C(=O)NC(C)C(=O)c2ccccc2)N(C(=O)OC(C)(C)C)C1. The third kappa shape index (κ3) is 6.53. The molecule has 1 fully saturated rings. The van der Waals surface area contributed by atoms with Crippen molar-refractivity contribution < 1.29 is 28.6 Å². The van der Waals surface area contributed by atoms with Crippen molar-refractivity contribution >= 4 is 17.8 Å². The fourth-order valence-electron chi connectivity index (χ4n) is 3.95. The van der Waals surface area contributed by atoms with Crippen LogP contribution in [0.5, 0.6) is 0 Å². The molecule has 1 aliphatic heterocycles. The van der Waals surface area contributed by atoms with Crippen molar-refractivity contribution in [2.75, 3.05) is 20.8 Å². The molecular weight excluding hydrogens is 412 g/mol. The fraction of sp³-hybridized carbons (Fsp3) is 0.625. The van der Waals surface area contributed by atoms with Crippen LogP contribution in [0.1, 0.15) is 51.4 Å². The molecule has 0 bridgehead atoms. The Bertz CT molecular complexity index is 791. The van der Waals surface area contributed by atoms with Crippen molar-refractivity contribution in [3.05, 3.63) is 35.9 Å². The van der Waals surface area contributed by atoms with E-state index in [1.54, 1.807) is 70.9 Å². The molecule has 1 aromatic rings. The summed E-state index contributed by atoms with van der Waals surface area (Å²) in [5, 5.41) is 2.79. The van der Waals surface area contributed by atoms with Crippen LogP contribution in [0.4, 0.5) is 4.79 Å². The lowest BCUT2D eigenvalue weighted by atomic mass is 9.94. The fourth-order valence-corrected chi connectivity index (χ4v) is 3.95. The number of ketones is 1. The van der Waals surface area contributed by atoms with E-state index in [0.717, 1.165) is 0 Å². The normalized spacial score (nSPS) is 21.5. The van der Waals surface area contributed by atoms with Crippen LogP contribution < -0.4 is 5.32 Å². The van der Waals surface area contributed by atoms with Gasteiger partial charge >= 0.3 is 6.09 Å². The number of carbonyl (C=O) groups excluding carboxylic acids is 3. The van der Waals surface area contributed by atoms with E-state index in [1.807, 2.05) is 6.07 Å². The lowest BCUT2D eigenvalue weighted by molar-refractivity contribution is -0.131. The lowest BCUT2D eigenvalue weighted by Gasteiger charge is -2.34. The van der Waals surface area contributed by atoms with Crippen molar-refractivity contribution in [2.24, 2.45) is 5.92 Å². The number of amides is 2. The first kappa shape index (κ1) is 25.8. The Morgan fingerprint density at radius 2 is 1.72 bits per heavy atom. The zero-order valence-electron chi connectivity index (χ0n) is 20.1. The molecule has 32 heavy (non-hydrogen) atoms. The molecule has 2 rings (SSSR count). The molecule has 0 radical (unpaired) electrons. The number of hydrogen-bond acceptors (Lipinski definition) is 6. The zero-order chi connectivity index (χ0) is 24.1. The molecule has 1 aliphatic rings. The number of benzene rings is 1. The summed E-state index contributed by atoms with van der Waals surface area (Å²) in [6, 6.07) is 7.73. The van der Waals surface area contributed by atoms with Gasteiger partial charge in [-0.25, -0.2) is 4.79 Å². The van der Waals surface area contributed by atoms with E-state index in [2.05, 4.69) is 5.32 Å². The highest BCUT2D eigenvalue weighted by Crippen LogP contribution is 2.29. The van der Waals surface area contributed by atoms with Gasteiger partial charge in [-0.1, -0.05) is 37.3 Å². The van der Waals surface area contributed by atoms with Crippen LogP contribution in [0.3, 0.4) is 0 Å². The molecular formula is C24H36N2O6. The maximum Gasteiger partial charge on any atom is 0.410 e. The van der Waals surface area contributed by atoms with Crippen molar-refractivity contribution in [2.45, 2.75) is 70.9 Å². The van der Waals surface area contributed by atoms with Gasteiger partial charge in [0.2, 0.25) is 5.91 Å². The Labute approximate surface area is 190 Å². The van der Waals surface area contributed by atoms with Gasteiger partial charge in [-0.15, -0.1) is 0 Å². The summed E-state index contributed by atoms with van der Waals surface area (Å²) < 4.78 is 16.7. The van der Waals surface area contributed by atoms with E-state index in [4.69, 9.17) is 14.2 Å². The minimum absolute atomic E-state index is 0.171. The van der Waals surface area contributed by atoms with Crippen molar-refractivity contribution in [3.63, 3.8) is 0 Å². The van der Waals surface area contributed by atoms with E-state index in [1.165, 1.54) is 7.11 Å². The molecule has 8 nitrogen and oxygen atoms in total. The van der Waals surface area contributed by atoms with Gasteiger partial charge in [-0.05, 0) is 34.1 Å². The molecule has 1 aromatic carbocycles. The van der Waals surface area contributed by atoms with Crippen LogP contribution >= 0.6 is 0 Å². The molecule has 1 unspecified atom stereocenters. The van der Waals surface area contributed by atoms with Gasteiger partial charge in [0.25, 0.3) is 0 Å². The third-order valence-electron chi connectivity index (χ3n) is 5.63. The average molecular weight is 449 g/mol. The number of hydrogen-bond donors (Lipinski definition) is 1. The van der Waals surface area contributed by atoms with Gasteiger partial charge in [0.05, 0.1) is 36.8 Å². The van der Waals surface area contributed by atoms with Crippen LogP contribution in [0, 0.1) is 5.92 Å². The second-order valence-corrected chi connectivity index (χ2v) is 9.24. The van der Waals surface area contributed by atoms with Crippen molar-refractivity contribution in [1.29, 1.82) is 0 Å². The lowest BCUT2D eigenvalue weighted by Crippen LogP contribution is -2.52.